The molecular weight excluding hydrogens is 380 g/mol. The average molecular weight is 404 g/mol. The van der Waals surface area contributed by atoms with Gasteiger partial charge in [-0.3, -0.25) is 15.2 Å². The van der Waals surface area contributed by atoms with Gasteiger partial charge in [-0.15, -0.1) is 0 Å². The monoisotopic (exact) mass is 404 g/mol. The van der Waals surface area contributed by atoms with Crippen LogP contribution in [0.4, 0.5) is 16.4 Å². The number of likely N-dealkylation sites (N-methyl/N-ethyl adjacent to an activating group) is 1. The molecule has 1 unspecified atom stereocenters. The number of anilines is 2. The summed E-state index contributed by atoms with van der Waals surface area (Å²) in [6, 6.07) is 4.00. The third kappa shape index (κ3) is 3.02. The van der Waals surface area contributed by atoms with Gasteiger partial charge in [0.15, 0.2) is 5.82 Å². The summed E-state index contributed by atoms with van der Waals surface area (Å²) < 4.78 is 0. The van der Waals surface area contributed by atoms with E-state index < -0.39 is 0 Å². The molecule has 2 bridgehead atoms. The molecular formula is C21H24N8O. The van der Waals surface area contributed by atoms with Crippen molar-refractivity contribution < 1.29 is 4.79 Å². The predicted molar refractivity (Wildman–Crippen MR) is 113 cm³/mol. The van der Waals surface area contributed by atoms with Gasteiger partial charge in [0.2, 0.25) is 0 Å². The Balaban J connectivity index is 1.49. The van der Waals surface area contributed by atoms with Crippen LogP contribution in [0.1, 0.15) is 18.0 Å². The lowest BCUT2D eigenvalue weighted by atomic mass is 10.0. The summed E-state index contributed by atoms with van der Waals surface area (Å²) in [5.74, 6) is 2.18. The van der Waals surface area contributed by atoms with Crippen LogP contribution in [0, 0.1) is 0 Å². The molecule has 2 atom stereocenters. The molecule has 2 aromatic rings. The smallest absolute Gasteiger partial charge is 0.329 e. The molecule has 30 heavy (non-hydrogen) atoms. The second kappa shape index (κ2) is 7.33. The summed E-state index contributed by atoms with van der Waals surface area (Å²) >= 11 is 0. The van der Waals surface area contributed by atoms with E-state index >= 15 is 0 Å². The van der Waals surface area contributed by atoms with Gasteiger partial charge in [0.05, 0.1) is 24.0 Å². The number of allylic oxidation sites excluding steroid dienone is 1. The maximum atomic E-state index is 13.3. The Morgan fingerprint density at radius 1 is 1.20 bits per heavy atom. The van der Waals surface area contributed by atoms with E-state index in [2.05, 4.69) is 47.5 Å². The highest BCUT2D eigenvalue weighted by atomic mass is 16.2. The molecule has 0 spiro atoms. The fourth-order valence-electron chi connectivity index (χ4n) is 4.48. The molecule has 0 aliphatic carbocycles. The summed E-state index contributed by atoms with van der Waals surface area (Å²) in [6.07, 6.45) is 11.8. The SMILES string of the molecule is CNc1cc(C2C=CC3=C(N2C)N(C(=O)Nc2cnccn2)[C@H]2CCN3C2)ccn1. The third-order valence-electron chi connectivity index (χ3n) is 5.91. The summed E-state index contributed by atoms with van der Waals surface area (Å²) in [5, 5.41) is 6.01. The first-order valence-electron chi connectivity index (χ1n) is 10.1. The Morgan fingerprint density at radius 3 is 2.87 bits per heavy atom. The van der Waals surface area contributed by atoms with Crippen LogP contribution in [0.15, 0.2) is 60.6 Å². The molecule has 2 aromatic heterocycles. The van der Waals surface area contributed by atoms with Crippen LogP contribution in [0.2, 0.25) is 0 Å². The van der Waals surface area contributed by atoms with E-state index in [4.69, 9.17) is 0 Å². The number of nitrogens with zero attached hydrogens (tertiary/aromatic N) is 6. The number of amides is 2. The zero-order valence-corrected chi connectivity index (χ0v) is 17.0. The van der Waals surface area contributed by atoms with E-state index in [9.17, 15) is 4.79 Å². The zero-order chi connectivity index (χ0) is 20.7. The van der Waals surface area contributed by atoms with E-state index in [0.717, 1.165) is 42.4 Å². The van der Waals surface area contributed by atoms with Crippen molar-refractivity contribution in [3.05, 3.63) is 66.2 Å². The highest BCUT2D eigenvalue weighted by Gasteiger charge is 2.44. The van der Waals surface area contributed by atoms with Crippen molar-refractivity contribution in [2.45, 2.75) is 18.5 Å². The maximum absolute atomic E-state index is 13.3. The fraction of sp³-hybridized carbons (Fsp3) is 0.333. The zero-order valence-electron chi connectivity index (χ0n) is 17.0. The second-order valence-corrected chi connectivity index (χ2v) is 7.63. The molecule has 9 heteroatoms. The van der Waals surface area contributed by atoms with Crippen LogP contribution >= 0.6 is 0 Å². The number of hydrogen-bond donors (Lipinski definition) is 2. The number of pyridine rings is 1. The predicted octanol–water partition coefficient (Wildman–Crippen LogP) is 2.25. The minimum atomic E-state index is -0.180. The lowest BCUT2D eigenvalue weighted by molar-refractivity contribution is 0.150. The first-order valence-corrected chi connectivity index (χ1v) is 10.1. The second-order valence-electron chi connectivity index (χ2n) is 7.63. The summed E-state index contributed by atoms with van der Waals surface area (Å²) in [5.41, 5.74) is 2.20. The van der Waals surface area contributed by atoms with Crippen molar-refractivity contribution in [3.8, 4) is 0 Å². The average Bonchev–Trinajstić information content (AvgIpc) is 3.19. The van der Waals surface area contributed by atoms with Crippen molar-refractivity contribution >= 4 is 17.7 Å². The summed E-state index contributed by atoms with van der Waals surface area (Å²) in [4.78, 5) is 32.3. The van der Waals surface area contributed by atoms with Gasteiger partial charge in [0.25, 0.3) is 0 Å². The quantitative estimate of drug-likeness (QED) is 0.811. The minimum Gasteiger partial charge on any atom is -0.373 e. The molecule has 3 aliphatic heterocycles. The van der Waals surface area contributed by atoms with Crippen LogP contribution < -0.4 is 10.6 Å². The van der Waals surface area contributed by atoms with Gasteiger partial charge in [0.1, 0.15) is 11.6 Å². The molecule has 2 N–H and O–H groups in total. The molecule has 1 saturated heterocycles. The van der Waals surface area contributed by atoms with Crippen LogP contribution in [0.25, 0.3) is 0 Å². The Bertz CT molecular complexity index is 1020. The van der Waals surface area contributed by atoms with Crippen molar-refractivity contribution in [1.29, 1.82) is 0 Å². The van der Waals surface area contributed by atoms with Crippen LogP contribution in [0.3, 0.4) is 0 Å². The number of carbonyl (C=O) groups excluding carboxylic acids is 1. The molecule has 0 saturated carbocycles. The largest absolute Gasteiger partial charge is 0.373 e. The van der Waals surface area contributed by atoms with Gasteiger partial charge in [-0.1, -0.05) is 6.08 Å². The summed E-state index contributed by atoms with van der Waals surface area (Å²) in [6.45, 7) is 1.79. The van der Waals surface area contributed by atoms with Crippen molar-refractivity contribution in [3.63, 3.8) is 0 Å². The fourth-order valence-corrected chi connectivity index (χ4v) is 4.48. The molecule has 2 amide bonds. The van der Waals surface area contributed by atoms with Gasteiger partial charge in [-0.2, -0.15) is 0 Å². The molecule has 9 nitrogen and oxygen atoms in total. The molecule has 1 fully saturated rings. The summed E-state index contributed by atoms with van der Waals surface area (Å²) in [7, 11) is 3.90. The van der Waals surface area contributed by atoms with Gasteiger partial charge >= 0.3 is 6.03 Å². The number of rotatable bonds is 3. The Kier molecular flexibility index (Phi) is 4.50. The minimum absolute atomic E-state index is 0.00404. The lowest BCUT2D eigenvalue weighted by Crippen LogP contribution is -2.52. The Morgan fingerprint density at radius 2 is 2.07 bits per heavy atom. The Hall–Kier alpha value is -3.62. The number of urea groups is 1. The van der Waals surface area contributed by atoms with Crippen LogP contribution in [0.5, 0.6) is 0 Å². The standard InChI is InChI=1S/C21H24N8O/c1-22-18-11-14(5-7-24-18)16-3-4-17-20(27(16)2)29(15-6-10-28(17)13-15)21(30)26-19-12-23-8-9-25-19/h3-5,7-9,11-12,15-16H,6,10,13H2,1-2H3,(H,22,24)(H,25,26,30)/t15-,16?/m0/s1. The molecule has 5 rings (SSSR count). The molecule has 0 aromatic carbocycles. The van der Waals surface area contributed by atoms with Crippen molar-refractivity contribution in [1.82, 2.24) is 29.7 Å². The molecule has 5 heterocycles. The van der Waals surface area contributed by atoms with E-state index in [-0.39, 0.29) is 18.1 Å². The van der Waals surface area contributed by atoms with Gasteiger partial charge in [-0.05, 0) is 30.2 Å². The van der Waals surface area contributed by atoms with E-state index in [0.29, 0.717) is 5.82 Å². The number of aromatic nitrogens is 3. The maximum Gasteiger partial charge on any atom is 0.329 e. The van der Waals surface area contributed by atoms with Crippen LogP contribution in [-0.2, 0) is 0 Å². The topological polar surface area (TPSA) is 89.5 Å². The Labute approximate surface area is 175 Å². The first-order chi connectivity index (χ1) is 14.7. The molecule has 3 aliphatic rings. The van der Waals surface area contributed by atoms with Gasteiger partial charge < -0.3 is 15.1 Å². The normalized spacial score (nSPS) is 22.3. The van der Waals surface area contributed by atoms with E-state index in [1.165, 1.54) is 0 Å². The van der Waals surface area contributed by atoms with Gasteiger partial charge in [-0.25, -0.2) is 14.8 Å². The number of carbonyl (C=O) groups is 1. The van der Waals surface area contributed by atoms with E-state index in [1.54, 1.807) is 24.8 Å². The van der Waals surface area contributed by atoms with Gasteiger partial charge in [0, 0.05) is 45.8 Å². The first kappa shape index (κ1) is 18.4. The lowest BCUT2D eigenvalue weighted by Gasteiger charge is -2.45. The van der Waals surface area contributed by atoms with Crippen LogP contribution in [-0.4, -0.2) is 68.9 Å². The van der Waals surface area contributed by atoms with Crippen molar-refractivity contribution in [2.75, 3.05) is 37.8 Å². The van der Waals surface area contributed by atoms with Crippen molar-refractivity contribution in [2.24, 2.45) is 0 Å². The number of hydrogen-bond acceptors (Lipinski definition) is 7. The third-order valence-corrected chi connectivity index (χ3v) is 5.91. The number of fused-ring (bicyclic) bond motifs is 3. The highest BCUT2D eigenvalue weighted by Crippen LogP contribution is 2.40. The molecule has 154 valence electrons. The highest BCUT2D eigenvalue weighted by molar-refractivity contribution is 5.90. The number of nitrogens with one attached hydrogen (secondary N) is 2. The molecule has 0 radical (unpaired) electrons. The van der Waals surface area contributed by atoms with E-state index in [1.807, 2.05) is 31.1 Å².